The molecule has 2 rings (SSSR count). The van der Waals surface area contributed by atoms with E-state index in [0.717, 1.165) is 0 Å². The highest BCUT2D eigenvalue weighted by atomic mass is 16.3. The molecule has 1 fully saturated rings. The lowest BCUT2D eigenvalue weighted by Gasteiger charge is -2.28. The Labute approximate surface area is 396 Å². The van der Waals surface area contributed by atoms with Gasteiger partial charge in [-0.3, -0.25) is 43.2 Å². The van der Waals surface area contributed by atoms with E-state index in [4.69, 9.17) is 28.7 Å². The van der Waals surface area contributed by atoms with E-state index in [-0.39, 0.29) is 77.0 Å². The third-order valence-electron chi connectivity index (χ3n) is 10.9. The zero-order valence-corrected chi connectivity index (χ0v) is 39.3. The molecule has 0 bridgehead atoms. The van der Waals surface area contributed by atoms with E-state index < -0.39 is 126 Å². The van der Waals surface area contributed by atoms with Gasteiger partial charge in [0.15, 0.2) is 0 Å². The Morgan fingerprint density at radius 1 is 0.632 bits per heavy atom. The summed E-state index contributed by atoms with van der Waals surface area (Å²) >= 11 is 0. The number of hydrogen-bond donors (Lipinski definition) is 16. The van der Waals surface area contributed by atoms with Gasteiger partial charge in [0.05, 0.1) is 12.2 Å². The minimum Gasteiger partial charge on any atom is -0.391 e. The van der Waals surface area contributed by atoms with Crippen LogP contribution in [0.15, 0.2) is 30.3 Å². The molecule has 1 unspecified atom stereocenters. The van der Waals surface area contributed by atoms with Gasteiger partial charge >= 0.3 is 0 Å². The molecule has 1 saturated heterocycles. The van der Waals surface area contributed by atoms with E-state index in [1.807, 2.05) is 0 Å². The molecule has 1 aliphatic heterocycles. The average molecular weight is 963 g/mol. The van der Waals surface area contributed by atoms with E-state index in [2.05, 4.69) is 47.9 Å². The maximum atomic E-state index is 14.2. The first kappa shape index (κ1) is 58.3. The molecule has 1 aliphatic rings. The van der Waals surface area contributed by atoms with Crippen LogP contribution in [0.4, 0.5) is 0 Å². The highest BCUT2D eigenvalue weighted by Crippen LogP contribution is 2.11. The van der Waals surface area contributed by atoms with Crippen molar-refractivity contribution < 1.29 is 53.4 Å². The van der Waals surface area contributed by atoms with Crippen LogP contribution in [0.25, 0.3) is 0 Å². The van der Waals surface area contributed by atoms with E-state index >= 15 is 0 Å². The molecule has 1 aromatic rings. The van der Waals surface area contributed by atoms with E-state index in [1.165, 1.54) is 13.8 Å². The third kappa shape index (κ3) is 19.4. The molecule has 9 amide bonds. The maximum absolute atomic E-state index is 14.2. The van der Waals surface area contributed by atoms with Gasteiger partial charge < -0.3 is 86.7 Å². The number of hydrogen-bond acceptors (Lipinski definition) is 16. The number of carbonyl (C=O) groups excluding carboxylic acids is 9. The SMILES string of the molecule is CC(C)C[C@@H]1NC(=O)[C@@H](Cc2ccccc2)NC(=O)[C@H](CCN)NC(=O)[C@@H](NC(=O)[C@H](CCN)NC(=O)[C@@H](N)[C@@H](C)O)CCNC(=O)[C@H](C(C)O)NC(=O)[C@H](CCN)NC(=O)[C@H](CCN)NC1=O. The van der Waals surface area contributed by atoms with Gasteiger partial charge in [0.25, 0.3) is 0 Å². The molecule has 68 heavy (non-hydrogen) atoms. The number of nitrogens with one attached hydrogen (secondary N) is 9. The maximum Gasteiger partial charge on any atom is 0.245 e. The number of amides is 9. The summed E-state index contributed by atoms with van der Waals surface area (Å²) in [7, 11) is 0. The summed E-state index contributed by atoms with van der Waals surface area (Å²) in [5.41, 5.74) is 29.6. The van der Waals surface area contributed by atoms with Crippen molar-refractivity contribution in [1.82, 2.24) is 47.9 Å². The van der Waals surface area contributed by atoms with Gasteiger partial charge in [0.1, 0.15) is 54.4 Å². The lowest BCUT2D eigenvalue weighted by Crippen LogP contribution is -2.61. The number of aliphatic hydroxyl groups excluding tert-OH is 2. The van der Waals surface area contributed by atoms with Crippen LogP contribution in [0.1, 0.15) is 71.8 Å². The minimum atomic E-state index is -1.63. The lowest BCUT2D eigenvalue weighted by atomic mass is 10.00. The summed E-state index contributed by atoms with van der Waals surface area (Å²) in [5, 5.41) is 43.4. The highest BCUT2D eigenvalue weighted by Gasteiger charge is 2.36. The fraction of sp³-hybridized carbons (Fsp3) is 0.651. The molecule has 21 N–H and O–H groups in total. The van der Waals surface area contributed by atoms with Crippen LogP contribution in [0, 0.1) is 5.92 Å². The first-order chi connectivity index (χ1) is 32.2. The molecular weight excluding hydrogens is 889 g/mol. The zero-order chi connectivity index (χ0) is 51.1. The Morgan fingerprint density at radius 3 is 1.59 bits per heavy atom. The summed E-state index contributed by atoms with van der Waals surface area (Å²) in [6.45, 7) is 5.20. The van der Waals surface area contributed by atoms with Gasteiger partial charge in [-0.25, -0.2) is 0 Å². The summed E-state index contributed by atoms with van der Waals surface area (Å²) in [5.74, 6) is -8.14. The van der Waals surface area contributed by atoms with Crippen LogP contribution in [0.5, 0.6) is 0 Å². The smallest absolute Gasteiger partial charge is 0.245 e. The summed E-state index contributed by atoms with van der Waals surface area (Å²) in [6, 6.07) is -4.14. The van der Waals surface area contributed by atoms with Gasteiger partial charge in [-0.2, -0.15) is 0 Å². The number of benzene rings is 1. The monoisotopic (exact) mass is 963 g/mol. The fourth-order valence-corrected chi connectivity index (χ4v) is 7.00. The van der Waals surface area contributed by atoms with Gasteiger partial charge in [0.2, 0.25) is 53.2 Å². The Hall–Kier alpha value is -5.83. The second-order valence-electron chi connectivity index (χ2n) is 17.1. The molecular formula is C43H74N14O11. The molecule has 1 aromatic carbocycles. The van der Waals surface area contributed by atoms with Crippen molar-refractivity contribution in [2.45, 2.75) is 139 Å². The topological polar surface area (TPSA) is 432 Å². The molecule has 0 radical (unpaired) electrons. The van der Waals surface area contributed by atoms with Crippen molar-refractivity contribution in [2.75, 3.05) is 32.7 Å². The predicted octanol–water partition coefficient (Wildman–Crippen LogP) is -6.84. The Bertz CT molecular complexity index is 1840. The van der Waals surface area contributed by atoms with Crippen LogP contribution in [0.2, 0.25) is 0 Å². The van der Waals surface area contributed by atoms with E-state index in [0.29, 0.717) is 5.56 Å². The van der Waals surface area contributed by atoms with Gasteiger partial charge in [-0.1, -0.05) is 44.2 Å². The van der Waals surface area contributed by atoms with Crippen molar-refractivity contribution in [3.63, 3.8) is 0 Å². The molecule has 25 heteroatoms. The zero-order valence-electron chi connectivity index (χ0n) is 39.3. The minimum absolute atomic E-state index is 0.0731. The molecule has 0 aromatic heterocycles. The van der Waals surface area contributed by atoms with Crippen LogP contribution >= 0.6 is 0 Å². The number of nitrogens with two attached hydrogens (primary N) is 5. The Kier molecular flexibility index (Phi) is 25.6. The molecule has 382 valence electrons. The van der Waals surface area contributed by atoms with Crippen LogP contribution in [-0.4, -0.2) is 163 Å². The fourth-order valence-electron chi connectivity index (χ4n) is 7.00. The second-order valence-corrected chi connectivity index (χ2v) is 17.1. The second kappa shape index (κ2) is 29.8. The largest absolute Gasteiger partial charge is 0.391 e. The van der Waals surface area contributed by atoms with Gasteiger partial charge in [-0.15, -0.1) is 0 Å². The molecule has 25 nitrogen and oxygen atoms in total. The highest BCUT2D eigenvalue weighted by molar-refractivity contribution is 5.98. The van der Waals surface area contributed by atoms with Crippen LogP contribution in [-0.2, 0) is 49.6 Å². The van der Waals surface area contributed by atoms with Crippen molar-refractivity contribution >= 4 is 53.2 Å². The predicted molar refractivity (Wildman–Crippen MR) is 249 cm³/mol. The third-order valence-corrected chi connectivity index (χ3v) is 10.9. The first-order valence-corrected chi connectivity index (χ1v) is 22.8. The Morgan fingerprint density at radius 2 is 1.10 bits per heavy atom. The lowest BCUT2D eigenvalue weighted by molar-refractivity contribution is -0.136. The average Bonchev–Trinajstić information content (AvgIpc) is 3.28. The molecule has 11 atom stereocenters. The van der Waals surface area contributed by atoms with Gasteiger partial charge in [-0.05, 0) is 90.0 Å². The Balaban J connectivity index is 2.74. The van der Waals surface area contributed by atoms with Crippen molar-refractivity contribution in [2.24, 2.45) is 34.6 Å². The van der Waals surface area contributed by atoms with E-state index in [9.17, 15) is 53.4 Å². The first-order valence-electron chi connectivity index (χ1n) is 22.8. The van der Waals surface area contributed by atoms with Crippen LogP contribution < -0.4 is 76.5 Å². The normalized spacial score (nSPS) is 24.9. The van der Waals surface area contributed by atoms with Crippen molar-refractivity contribution in [3.05, 3.63) is 35.9 Å². The molecule has 0 spiro atoms. The summed E-state index contributed by atoms with van der Waals surface area (Å²) < 4.78 is 0. The van der Waals surface area contributed by atoms with E-state index in [1.54, 1.807) is 44.2 Å². The summed E-state index contributed by atoms with van der Waals surface area (Å²) in [6.07, 6.45) is -3.78. The number of carbonyl (C=O) groups is 9. The summed E-state index contributed by atoms with van der Waals surface area (Å²) in [4.78, 5) is 124. The number of aliphatic hydroxyl groups is 2. The van der Waals surface area contributed by atoms with Crippen molar-refractivity contribution in [3.8, 4) is 0 Å². The van der Waals surface area contributed by atoms with Gasteiger partial charge in [0, 0.05) is 13.0 Å². The quantitative estimate of drug-likeness (QED) is 0.0650. The van der Waals surface area contributed by atoms with Crippen LogP contribution in [0.3, 0.4) is 0 Å². The standard InChI is InChI=1S/C43H74N14O11/c1-22(2)20-31-40(65)52-26(10-15-44)35(60)51-29(13-18-47)39(64)57-34(24(4)59)43(68)49-19-14-30(53-36(61)28(12-17-46)54-42(67)33(48)23(3)58)38(63)50-27(11-16-45)37(62)56-32(41(66)55-31)21-25-8-6-5-7-9-25/h5-9,22-24,26-34,58-59H,10-21,44-48H2,1-4H3,(H,49,68)(H,50,63)(H,51,60)(H,52,65)(H,53,61)(H,54,67)(H,55,66)(H,56,62)(H,57,64)/t23-,24?,26+,27+,28+,29+,30+,31+,32-,33+,34+/m1/s1. The number of rotatable bonds is 18. The van der Waals surface area contributed by atoms with Crippen molar-refractivity contribution in [1.29, 1.82) is 0 Å². The molecule has 0 saturated carbocycles. The molecule has 0 aliphatic carbocycles. The molecule has 1 heterocycles.